The number of carbonyl (C=O) groups is 2. The van der Waals surface area contributed by atoms with Gasteiger partial charge in [-0.05, 0) is 60.9 Å². The molecule has 0 aliphatic carbocycles. The van der Waals surface area contributed by atoms with Crippen molar-refractivity contribution in [3.63, 3.8) is 0 Å². The topological polar surface area (TPSA) is 54.3 Å². The number of aryl methyl sites for hydroxylation is 1. The summed E-state index contributed by atoms with van der Waals surface area (Å²) in [7, 11) is 0. The fraction of sp³-hybridized carbons (Fsp3) is 0.286. The minimum atomic E-state index is -0.00842. The molecule has 0 radical (unpaired) electrons. The van der Waals surface area contributed by atoms with E-state index in [4.69, 9.17) is 0 Å². The molecule has 2 aromatic carbocycles. The highest BCUT2D eigenvalue weighted by Crippen LogP contribution is 2.28. The standard InChI is InChI=1S/C28H29N3O2S/c32-27(29-17-6-9-21-7-2-1-3-8-21)23-14-18-30(19-15-23)28(33)25-12-13-26(34-25)31-20-16-22-10-4-5-11-24(22)31/h1-5,7-8,10-13,16,20,23H,6,9,14-15,17-19H2,(H,29,32). The fourth-order valence-electron chi connectivity index (χ4n) is 4.64. The van der Waals surface area contributed by atoms with Crippen LogP contribution in [0, 0.1) is 5.92 Å². The van der Waals surface area contributed by atoms with E-state index in [0.29, 0.717) is 19.6 Å². The molecule has 5 nitrogen and oxygen atoms in total. The first-order valence-electron chi connectivity index (χ1n) is 12.0. The Morgan fingerprint density at radius 3 is 2.50 bits per heavy atom. The zero-order valence-corrected chi connectivity index (χ0v) is 20.0. The van der Waals surface area contributed by atoms with Crippen molar-refractivity contribution in [1.82, 2.24) is 14.8 Å². The molecule has 3 heterocycles. The zero-order valence-electron chi connectivity index (χ0n) is 19.2. The van der Waals surface area contributed by atoms with Crippen molar-refractivity contribution in [3.8, 4) is 5.00 Å². The third-order valence-corrected chi connectivity index (χ3v) is 7.65. The molecule has 1 fully saturated rings. The molecule has 34 heavy (non-hydrogen) atoms. The molecule has 174 valence electrons. The molecule has 1 aliphatic rings. The largest absolute Gasteiger partial charge is 0.356 e. The number of amides is 2. The van der Waals surface area contributed by atoms with Gasteiger partial charge in [0.1, 0.15) is 5.00 Å². The number of rotatable bonds is 7. The molecule has 1 aliphatic heterocycles. The van der Waals surface area contributed by atoms with Crippen LogP contribution in [0.15, 0.2) is 79.0 Å². The van der Waals surface area contributed by atoms with Gasteiger partial charge in [0, 0.05) is 31.7 Å². The Hall–Kier alpha value is -3.38. The van der Waals surface area contributed by atoms with Crippen LogP contribution in [0.2, 0.25) is 0 Å². The summed E-state index contributed by atoms with van der Waals surface area (Å²) in [6, 6.07) is 24.6. The predicted octanol–water partition coefficient (Wildman–Crippen LogP) is 5.29. The molecule has 0 unspecified atom stereocenters. The fourth-order valence-corrected chi connectivity index (χ4v) is 5.61. The summed E-state index contributed by atoms with van der Waals surface area (Å²) >= 11 is 1.52. The number of para-hydroxylation sites is 1. The van der Waals surface area contributed by atoms with Gasteiger partial charge in [-0.1, -0.05) is 48.5 Å². The van der Waals surface area contributed by atoms with Gasteiger partial charge in [0.25, 0.3) is 5.91 Å². The van der Waals surface area contributed by atoms with Crippen LogP contribution in [0.4, 0.5) is 0 Å². The molecule has 2 aromatic heterocycles. The van der Waals surface area contributed by atoms with Crippen molar-refractivity contribution in [2.24, 2.45) is 5.92 Å². The van der Waals surface area contributed by atoms with Crippen LogP contribution < -0.4 is 5.32 Å². The third-order valence-electron chi connectivity index (χ3n) is 6.58. The lowest BCUT2D eigenvalue weighted by atomic mass is 9.95. The Balaban J connectivity index is 1.11. The minimum absolute atomic E-state index is 0.00842. The summed E-state index contributed by atoms with van der Waals surface area (Å²) in [5, 5.41) is 5.31. The SMILES string of the molecule is O=C(NCCCc1ccccc1)C1CCN(C(=O)c2ccc(-n3ccc4ccccc43)s2)CC1. The maximum atomic E-state index is 13.1. The monoisotopic (exact) mass is 471 g/mol. The van der Waals surface area contributed by atoms with Crippen LogP contribution in [0.25, 0.3) is 15.9 Å². The van der Waals surface area contributed by atoms with Crippen LogP contribution in [-0.4, -0.2) is 40.9 Å². The molecule has 0 atom stereocenters. The summed E-state index contributed by atoms with van der Waals surface area (Å²) < 4.78 is 2.13. The van der Waals surface area contributed by atoms with E-state index in [-0.39, 0.29) is 17.7 Å². The average Bonchev–Trinajstić information content (AvgIpc) is 3.54. The number of aromatic nitrogens is 1. The second-order valence-electron chi connectivity index (χ2n) is 8.83. The van der Waals surface area contributed by atoms with E-state index < -0.39 is 0 Å². The van der Waals surface area contributed by atoms with Crippen LogP contribution in [-0.2, 0) is 11.2 Å². The van der Waals surface area contributed by atoms with Gasteiger partial charge in [-0.3, -0.25) is 9.59 Å². The van der Waals surface area contributed by atoms with Crippen LogP contribution in [0.3, 0.4) is 0 Å². The first-order valence-corrected chi connectivity index (χ1v) is 12.8. The molecule has 0 spiro atoms. The number of nitrogens with zero attached hydrogens (tertiary/aromatic N) is 2. The van der Waals surface area contributed by atoms with E-state index in [0.717, 1.165) is 41.1 Å². The lowest BCUT2D eigenvalue weighted by molar-refractivity contribution is -0.126. The number of likely N-dealkylation sites (tertiary alicyclic amines) is 1. The van der Waals surface area contributed by atoms with Crippen molar-refractivity contribution < 1.29 is 9.59 Å². The Morgan fingerprint density at radius 2 is 1.68 bits per heavy atom. The van der Waals surface area contributed by atoms with Gasteiger partial charge in [-0.25, -0.2) is 0 Å². The number of fused-ring (bicyclic) bond motifs is 1. The van der Waals surface area contributed by atoms with Crippen molar-refractivity contribution in [2.45, 2.75) is 25.7 Å². The minimum Gasteiger partial charge on any atom is -0.356 e. The van der Waals surface area contributed by atoms with Crippen LogP contribution in [0.1, 0.15) is 34.5 Å². The number of hydrogen-bond donors (Lipinski definition) is 1. The predicted molar refractivity (Wildman–Crippen MR) is 138 cm³/mol. The maximum Gasteiger partial charge on any atom is 0.263 e. The Labute approximate surface area is 204 Å². The summed E-state index contributed by atoms with van der Waals surface area (Å²) in [5.41, 5.74) is 2.43. The lowest BCUT2D eigenvalue weighted by Gasteiger charge is -2.31. The van der Waals surface area contributed by atoms with Crippen molar-refractivity contribution in [3.05, 3.63) is 89.4 Å². The van der Waals surface area contributed by atoms with E-state index in [1.54, 1.807) is 0 Å². The molecule has 1 N–H and O–H groups in total. The number of thiophene rings is 1. The van der Waals surface area contributed by atoms with E-state index in [1.807, 2.05) is 47.4 Å². The summed E-state index contributed by atoms with van der Waals surface area (Å²) in [6.07, 6.45) is 5.39. The van der Waals surface area contributed by atoms with Crippen LogP contribution >= 0.6 is 11.3 Å². The Bertz CT molecular complexity index is 1270. The molecular formula is C28H29N3O2S. The van der Waals surface area contributed by atoms with E-state index >= 15 is 0 Å². The first-order chi connectivity index (χ1) is 16.7. The Kier molecular flexibility index (Phi) is 6.77. The van der Waals surface area contributed by atoms with Crippen LogP contribution in [0.5, 0.6) is 0 Å². The second kappa shape index (κ2) is 10.3. The molecule has 5 rings (SSSR count). The van der Waals surface area contributed by atoms with Gasteiger partial charge in [-0.2, -0.15) is 0 Å². The van der Waals surface area contributed by atoms with Gasteiger partial charge < -0.3 is 14.8 Å². The number of piperidine rings is 1. The maximum absolute atomic E-state index is 13.1. The average molecular weight is 472 g/mol. The number of nitrogens with one attached hydrogen (secondary N) is 1. The molecule has 2 amide bonds. The molecule has 1 saturated heterocycles. The molecule has 0 bridgehead atoms. The van der Waals surface area contributed by atoms with Gasteiger partial charge in [-0.15, -0.1) is 11.3 Å². The first kappa shape index (κ1) is 22.4. The third kappa shape index (κ3) is 4.92. The van der Waals surface area contributed by atoms with Crippen molar-refractivity contribution >= 4 is 34.1 Å². The molecule has 4 aromatic rings. The van der Waals surface area contributed by atoms with E-state index in [1.165, 1.54) is 22.3 Å². The highest BCUT2D eigenvalue weighted by Gasteiger charge is 2.28. The van der Waals surface area contributed by atoms with Gasteiger partial charge in [0.2, 0.25) is 5.91 Å². The molecular weight excluding hydrogens is 442 g/mol. The molecule has 6 heteroatoms. The number of benzene rings is 2. The molecule has 0 saturated carbocycles. The second-order valence-corrected chi connectivity index (χ2v) is 9.89. The number of hydrogen-bond acceptors (Lipinski definition) is 3. The summed E-state index contributed by atoms with van der Waals surface area (Å²) in [4.78, 5) is 28.3. The van der Waals surface area contributed by atoms with Gasteiger partial charge in [0.15, 0.2) is 0 Å². The van der Waals surface area contributed by atoms with E-state index in [2.05, 4.69) is 46.4 Å². The van der Waals surface area contributed by atoms with Crippen molar-refractivity contribution in [2.75, 3.05) is 19.6 Å². The smallest absolute Gasteiger partial charge is 0.263 e. The summed E-state index contributed by atoms with van der Waals surface area (Å²) in [6.45, 7) is 1.94. The highest BCUT2D eigenvalue weighted by atomic mass is 32.1. The summed E-state index contributed by atoms with van der Waals surface area (Å²) in [5.74, 6) is 0.179. The Morgan fingerprint density at radius 1 is 0.912 bits per heavy atom. The lowest BCUT2D eigenvalue weighted by Crippen LogP contribution is -2.43. The zero-order chi connectivity index (χ0) is 23.3. The van der Waals surface area contributed by atoms with E-state index in [9.17, 15) is 9.59 Å². The normalized spacial score (nSPS) is 14.4. The number of carbonyl (C=O) groups excluding carboxylic acids is 2. The van der Waals surface area contributed by atoms with Gasteiger partial charge >= 0.3 is 0 Å². The van der Waals surface area contributed by atoms with Crippen molar-refractivity contribution in [1.29, 1.82) is 0 Å². The van der Waals surface area contributed by atoms with Gasteiger partial charge in [0.05, 0.1) is 10.4 Å². The highest BCUT2D eigenvalue weighted by molar-refractivity contribution is 7.16. The quantitative estimate of drug-likeness (QED) is 0.372.